The Morgan fingerprint density at radius 3 is 3.18 bits per heavy atom. The SMILES string of the molecule is CCC1CCNC(C(=O)Nc2ncnn2C)C1. The minimum atomic E-state index is -0.106. The number of nitrogens with zero attached hydrogens (tertiary/aromatic N) is 3. The number of nitrogens with one attached hydrogen (secondary N) is 2. The first-order valence-corrected chi connectivity index (χ1v) is 6.09. The maximum absolute atomic E-state index is 12.0. The molecule has 94 valence electrons. The van der Waals surface area contributed by atoms with Crippen LogP contribution in [0.2, 0.25) is 0 Å². The fraction of sp³-hybridized carbons (Fsp3) is 0.727. The van der Waals surface area contributed by atoms with Gasteiger partial charge in [-0.1, -0.05) is 13.3 Å². The highest BCUT2D eigenvalue weighted by Crippen LogP contribution is 2.19. The number of carbonyl (C=O) groups excluding carboxylic acids is 1. The van der Waals surface area contributed by atoms with Crippen molar-refractivity contribution in [2.24, 2.45) is 13.0 Å². The topological polar surface area (TPSA) is 71.8 Å². The number of anilines is 1. The van der Waals surface area contributed by atoms with Gasteiger partial charge in [0.15, 0.2) is 0 Å². The molecule has 2 N–H and O–H groups in total. The van der Waals surface area contributed by atoms with Gasteiger partial charge >= 0.3 is 0 Å². The largest absolute Gasteiger partial charge is 0.306 e. The molecule has 2 atom stereocenters. The van der Waals surface area contributed by atoms with E-state index in [0.717, 1.165) is 25.8 Å². The van der Waals surface area contributed by atoms with Crippen molar-refractivity contribution in [1.29, 1.82) is 0 Å². The molecule has 17 heavy (non-hydrogen) atoms. The molecule has 0 aliphatic carbocycles. The number of hydrogen-bond donors (Lipinski definition) is 2. The molecule has 1 aliphatic rings. The van der Waals surface area contributed by atoms with Crippen molar-refractivity contribution in [2.45, 2.75) is 32.2 Å². The van der Waals surface area contributed by atoms with Gasteiger partial charge in [0.05, 0.1) is 6.04 Å². The summed E-state index contributed by atoms with van der Waals surface area (Å²) in [7, 11) is 1.76. The second-order valence-corrected chi connectivity index (χ2v) is 4.50. The normalized spacial score (nSPS) is 24.6. The van der Waals surface area contributed by atoms with E-state index in [9.17, 15) is 4.79 Å². The molecule has 1 fully saturated rings. The summed E-state index contributed by atoms with van der Waals surface area (Å²) in [5.74, 6) is 1.13. The molecule has 1 aliphatic heterocycles. The van der Waals surface area contributed by atoms with E-state index in [2.05, 4.69) is 27.6 Å². The fourth-order valence-corrected chi connectivity index (χ4v) is 2.17. The van der Waals surface area contributed by atoms with Crippen molar-refractivity contribution in [2.75, 3.05) is 11.9 Å². The predicted octanol–water partition coefficient (Wildman–Crippen LogP) is 0.532. The maximum Gasteiger partial charge on any atom is 0.243 e. The molecule has 1 saturated heterocycles. The van der Waals surface area contributed by atoms with Gasteiger partial charge in [-0.15, -0.1) is 0 Å². The zero-order valence-corrected chi connectivity index (χ0v) is 10.3. The summed E-state index contributed by atoms with van der Waals surface area (Å²) in [6.07, 6.45) is 4.62. The summed E-state index contributed by atoms with van der Waals surface area (Å²) in [5, 5.41) is 9.95. The lowest BCUT2D eigenvalue weighted by molar-refractivity contribution is -0.119. The third-order valence-corrected chi connectivity index (χ3v) is 3.35. The monoisotopic (exact) mass is 237 g/mol. The van der Waals surface area contributed by atoms with Crippen LogP contribution in [0.15, 0.2) is 6.33 Å². The van der Waals surface area contributed by atoms with Crippen LogP contribution in [0.4, 0.5) is 5.95 Å². The van der Waals surface area contributed by atoms with Gasteiger partial charge in [0.1, 0.15) is 6.33 Å². The van der Waals surface area contributed by atoms with E-state index in [1.165, 1.54) is 6.33 Å². The molecule has 2 heterocycles. The van der Waals surface area contributed by atoms with E-state index in [4.69, 9.17) is 0 Å². The van der Waals surface area contributed by atoms with Gasteiger partial charge in [0.2, 0.25) is 11.9 Å². The van der Waals surface area contributed by atoms with E-state index in [-0.39, 0.29) is 11.9 Å². The minimum Gasteiger partial charge on any atom is -0.306 e. The Kier molecular flexibility index (Phi) is 3.73. The van der Waals surface area contributed by atoms with Crippen LogP contribution in [0.5, 0.6) is 0 Å². The van der Waals surface area contributed by atoms with Crippen molar-refractivity contribution < 1.29 is 4.79 Å². The standard InChI is InChI=1S/C11H19N5O/c1-3-8-4-5-12-9(6-8)10(17)15-11-13-7-14-16(11)2/h7-9,12H,3-6H2,1-2H3,(H,13,14,15,17). The average Bonchev–Trinajstić information content (AvgIpc) is 2.75. The molecule has 1 aromatic heterocycles. The Balaban J connectivity index is 1.94. The molecule has 6 heteroatoms. The highest BCUT2D eigenvalue weighted by molar-refractivity contribution is 5.93. The number of amides is 1. The molecule has 1 amide bonds. The quantitative estimate of drug-likeness (QED) is 0.804. The summed E-state index contributed by atoms with van der Waals surface area (Å²) < 4.78 is 1.55. The van der Waals surface area contributed by atoms with Gasteiger partial charge < -0.3 is 5.32 Å². The van der Waals surface area contributed by atoms with Crippen LogP contribution in [-0.2, 0) is 11.8 Å². The minimum absolute atomic E-state index is 0.0146. The lowest BCUT2D eigenvalue weighted by Crippen LogP contribution is -2.46. The Bertz CT molecular complexity index is 389. The highest BCUT2D eigenvalue weighted by atomic mass is 16.2. The Labute approximate surface area is 101 Å². The van der Waals surface area contributed by atoms with Gasteiger partial charge in [0, 0.05) is 7.05 Å². The van der Waals surface area contributed by atoms with Crippen molar-refractivity contribution in [1.82, 2.24) is 20.1 Å². The van der Waals surface area contributed by atoms with Crippen molar-refractivity contribution in [3.8, 4) is 0 Å². The number of piperidine rings is 1. The second-order valence-electron chi connectivity index (χ2n) is 4.50. The van der Waals surface area contributed by atoms with Gasteiger partial charge in [-0.2, -0.15) is 10.1 Å². The summed E-state index contributed by atoms with van der Waals surface area (Å²) in [4.78, 5) is 16.0. The first-order valence-electron chi connectivity index (χ1n) is 6.09. The fourth-order valence-electron chi connectivity index (χ4n) is 2.17. The van der Waals surface area contributed by atoms with Crippen LogP contribution in [0.1, 0.15) is 26.2 Å². The molecule has 1 aromatic rings. The molecular weight excluding hydrogens is 218 g/mol. The molecule has 0 radical (unpaired) electrons. The van der Waals surface area contributed by atoms with Crippen LogP contribution >= 0.6 is 0 Å². The van der Waals surface area contributed by atoms with Crippen LogP contribution in [-0.4, -0.2) is 33.3 Å². The first-order chi connectivity index (χ1) is 8.20. The summed E-state index contributed by atoms with van der Waals surface area (Å²) in [5.41, 5.74) is 0. The van der Waals surface area contributed by atoms with Crippen LogP contribution < -0.4 is 10.6 Å². The van der Waals surface area contributed by atoms with E-state index in [0.29, 0.717) is 11.9 Å². The highest BCUT2D eigenvalue weighted by Gasteiger charge is 2.26. The Hall–Kier alpha value is -1.43. The molecule has 6 nitrogen and oxygen atoms in total. The summed E-state index contributed by atoms with van der Waals surface area (Å²) in [6.45, 7) is 3.09. The zero-order chi connectivity index (χ0) is 12.3. The van der Waals surface area contributed by atoms with Gasteiger partial charge in [0.25, 0.3) is 0 Å². The Morgan fingerprint density at radius 2 is 2.53 bits per heavy atom. The molecular formula is C11H19N5O. The number of hydrogen-bond acceptors (Lipinski definition) is 4. The molecule has 0 saturated carbocycles. The predicted molar refractivity (Wildman–Crippen MR) is 64.4 cm³/mol. The van der Waals surface area contributed by atoms with Crippen LogP contribution in [0.3, 0.4) is 0 Å². The van der Waals surface area contributed by atoms with Crippen LogP contribution in [0.25, 0.3) is 0 Å². The smallest absolute Gasteiger partial charge is 0.243 e. The second kappa shape index (κ2) is 5.27. The lowest BCUT2D eigenvalue weighted by atomic mass is 9.90. The molecule has 2 unspecified atom stereocenters. The van der Waals surface area contributed by atoms with E-state index < -0.39 is 0 Å². The Morgan fingerprint density at radius 1 is 1.71 bits per heavy atom. The van der Waals surface area contributed by atoms with Gasteiger partial charge in [-0.3, -0.25) is 10.1 Å². The van der Waals surface area contributed by atoms with E-state index >= 15 is 0 Å². The average molecular weight is 237 g/mol. The third-order valence-electron chi connectivity index (χ3n) is 3.35. The first kappa shape index (κ1) is 12.0. The molecule has 0 bridgehead atoms. The van der Waals surface area contributed by atoms with Gasteiger partial charge in [-0.25, -0.2) is 4.68 Å². The summed E-state index contributed by atoms with van der Waals surface area (Å²) >= 11 is 0. The third kappa shape index (κ3) is 2.82. The van der Waals surface area contributed by atoms with Crippen molar-refractivity contribution in [3.63, 3.8) is 0 Å². The lowest BCUT2D eigenvalue weighted by Gasteiger charge is -2.28. The molecule has 0 spiro atoms. The number of rotatable bonds is 3. The van der Waals surface area contributed by atoms with Crippen molar-refractivity contribution >= 4 is 11.9 Å². The van der Waals surface area contributed by atoms with E-state index in [1.807, 2.05) is 0 Å². The zero-order valence-electron chi connectivity index (χ0n) is 10.3. The maximum atomic E-state index is 12.0. The number of carbonyl (C=O) groups is 1. The summed E-state index contributed by atoms with van der Waals surface area (Å²) in [6, 6.07) is -0.106. The van der Waals surface area contributed by atoms with Gasteiger partial charge in [-0.05, 0) is 25.3 Å². The molecule has 2 rings (SSSR count). The number of aromatic nitrogens is 3. The van der Waals surface area contributed by atoms with Crippen LogP contribution in [0, 0.1) is 5.92 Å². The molecule has 0 aromatic carbocycles. The van der Waals surface area contributed by atoms with Crippen molar-refractivity contribution in [3.05, 3.63) is 6.33 Å². The van der Waals surface area contributed by atoms with E-state index in [1.54, 1.807) is 11.7 Å². The number of aryl methyl sites for hydroxylation is 1.